The van der Waals surface area contributed by atoms with E-state index in [1.165, 1.54) is 4.57 Å². The summed E-state index contributed by atoms with van der Waals surface area (Å²) in [5.74, 6) is -0.436. The molecule has 0 aliphatic heterocycles. The van der Waals surface area contributed by atoms with E-state index in [1.54, 1.807) is 29.4 Å². The lowest BCUT2D eigenvalue weighted by Gasteiger charge is -2.16. The van der Waals surface area contributed by atoms with Crippen LogP contribution >= 0.6 is 0 Å². The molecular weight excluding hydrogens is 408 g/mol. The fraction of sp³-hybridized carbons (Fsp3) is 0.261. The minimum absolute atomic E-state index is 0.241. The summed E-state index contributed by atoms with van der Waals surface area (Å²) < 4.78 is 4.10. The first-order chi connectivity index (χ1) is 15.5. The van der Waals surface area contributed by atoms with Crippen LogP contribution in [0.1, 0.15) is 31.0 Å². The summed E-state index contributed by atoms with van der Waals surface area (Å²) in [7, 11) is 0. The van der Waals surface area contributed by atoms with Gasteiger partial charge in [0.1, 0.15) is 6.54 Å². The Balaban J connectivity index is 1.73. The zero-order valence-corrected chi connectivity index (χ0v) is 17.9. The maximum atomic E-state index is 13.3. The Kier molecular flexibility index (Phi) is 5.98. The van der Waals surface area contributed by atoms with Gasteiger partial charge in [0.05, 0.1) is 18.9 Å². The van der Waals surface area contributed by atoms with Gasteiger partial charge in [-0.3, -0.25) is 19.1 Å². The van der Waals surface area contributed by atoms with E-state index >= 15 is 0 Å². The molecule has 32 heavy (non-hydrogen) atoms. The first-order valence-electron chi connectivity index (χ1n) is 10.4. The van der Waals surface area contributed by atoms with E-state index in [9.17, 15) is 14.4 Å². The van der Waals surface area contributed by atoms with Crippen molar-refractivity contribution in [1.82, 2.24) is 29.0 Å². The number of aryl methyl sites for hydroxylation is 1. The molecule has 4 aromatic rings. The SMILES string of the molecule is CCn1cnc2c1c(=O)n(CC(=O)N[C@H](C)c1cccnc1)c(=O)n2Cc1ccccc1. The Morgan fingerprint density at radius 1 is 1.09 bits per heavy atom. The molecule has 1 amide bonds. The highest BCUT2D eigenvalue weighted by Gasteiger charge is 2.20. The predicted molar refractivity (Wildman–Crippen MR) is 120 cm³/mol. The molecule has 9 heteroatoms. The maximum Gasteiger partial charge on any atom is 0.333 e. The van der Waals surface area contributed by atoms with Crippen LogP contribution in [0.2, 0.25) is 0 Å². The van der Waals surface area contributed by atoms with Crippen molar-refractivity contribution < 1.29 is 4.79 Å². The topological polar surface area (TPSA) is 104 Å². The number of nitrogens with one attached hydrogen (secondary N) is 1. The average molecular weight is 432 g/mol. The van der Waals surface area contributed by atoms with Crippen molar-refractivity contribution in [1.29, 1.82) is 0 Å². The molecule has 0 spiro atoms. The normalized spacial score (nSPS) is 12.1. The third-order valence-electron chi connectivity index (χ3n) is 5.37. The summed E-state index contributed by atoms with van der Waals surface area (Å²) in [6.07, 6.45) is 4.86. The van der Waals surface area contributed by atoms with Crippen LogP contribution in [0.15, 0.2) is 70.8 Å². The van der Waals surface area contributed by atoms with Crippen LogP contribution < -0.4 is 16.6 Å². The number of fused-ring (bicyclic) bond motifs is 1. The summed E-state index contributed by atoms with van der Waals surface area (Å²) >= 11 is 0. The zero-order chi connectivity index (χ0) is 22.7. The minimum Gasteiger partial charge on any atom is -0.348 e. The number of rotatable bonds is 7. The lowest BCUT2D eigenvalue weighted by atomic mass is 10.1. The standard InChI is InChI=1S/C23H24N6O3/c1-3-27-15-25-21-20(27)22(31)29(23(32)28(21)13-17-8-5-4-6-9-17)14-19(30)26-16(2)18-10-7-11-24-12-18/h4-12,15-16H,3,13-14H2,1-2H3,(H,26,30)/t16-/m1/s1. The number of aromatic nitrogens is 5. The highest BCUT2D eigenvalue weighted by molar-refractivity contribution is 5.77. The number of carbonyl (C=O) groups excluding carboxylic acids is 1. The molecule has 0 bridgehead atoms. The monoisotopic (exact) mass is 432 g/mol. The molecule has 1 N–H and O–H groups in total. The lowest BCUT2D eigenvalue weighted by molar-refractivity contribution is -0.122. The van der Waals surface area contributed by atoms with Gasteiger partial charge < -0.3 is 9.88 Å². The fourth-order valence-corrected chi connectivity index (χ4v) is 3.67. The van der Waals surface area contributed by atoms with Gasteiger partial charge in [0.15, 0.2) is 11.2 Å². The molecule has 1 atom stereocenters. The highest BCUT2D eigenvalue weighted by atomic mass is 16.2. The Morgan fingerprint density at radius 3 is 2.56 bits per heavy atom. The lowest BCUT2D eigenvalue weighted by Crippen LogP contribution is -2.44. The van der Waals surface area contributed by atoms with Gasteiger partial charge in [0, 0.05) is 18.9 Å². The molecule has 164 valence electrons. The zero-order valence-electron chi connectivity index (χ0n) is 17.9. The number of amides is 1. The van der Waals surface area contributed by atoms with Gasteiger partial charge in [-0.25, -0.2) is 14.3 Å². The third-order valence-corrected chi connectivity index (χ3v) is 5.37. The first-order valence-corrected chi connectivity index (χ1v) is 10.4. The van der Waals surface area contributed by atoms with Crippen molar-refractivity contribution in [3.63, 3.8) is 0 Å². The molecule has 9 nitrogen and oxygen atoms in total. The molecule has 0 radical (unpaired) electrons. The van der Waals surface area contributed by atoms with E-state index in [0.29, 0.717) is 17.7 Å². The Morgan fingerprint density at radius 2 is 1.88 bits per heavy atom. The second-order valence-electron chi connectivity index (χ2n) is 7.52. The number of imidazole rings is 1. The smallest absolute Gasteiger partial charge is 0.333 e. The van der Waals surface area contributed by atoms with Crippen LogP contribution in [0.3, 0.4) is 0 Å². The summed E-state index contributed by atoms with van der Waals surface area (Å²) in [4.78, 5) is 47.6. The molecule has 1 aromatic carbocycles. The van der Waals surface area contributed by atoms with Gasteiger partial charge >= 0.3 is 5.69 Å². The number of pyridine rings is 1. The van der Waals surface area contributed by atoms with Crippen LogP contribution in [-0.4, -0.2) is 29.6 Å². The molecule has 0 saturated heterocycles. The van der Waals surface area contributed by atoms with Crippen LogP contribution in [0.4, 0.5) is 0 Å². The molecule has 0 fully saturated rings. The van der Waals surface area contributed by atoms with Crippen LogP contribution in [0, 0.1) is 0 Å². The summed E-state index contributed by atoms with van der Waals surface area (Å²) in [5, 5.41) is 2.83. The number of carbonyl (C=O) groups is 1. The highest BCUT2D eigenvalue weighted by Crippen LogP contribution is 2.11. The van der Waals surface area contributed by atoms with E-state index in [0.717, 1.165) is 15.7 Å². The van der Waals surface area contributed by atoms with E-state index in [1.807, 2.05) is 50.2 Å². The molecule has 0 aliphatic carbocycles. The Labute approximate surface area is 184 Å². The van der Waals surface area contributed by atoms with Crippen LogP contribution in [0.25, 0.3) is 11.2 Å². The van der Waals surface area contributed by atoms with Crippen molar-refractivity contribution in [2.45, 2.75) is 39.5 Å². The Hall–Kier alpha value is -4.01. The van der Waals surface area contributed by atoms with Crippen molar-refractivity contribution in [3.05, 3.63) is 93.2 Å². The number of hydrogen-bond donors (Lipinski definition) is 1. The van der Waals surface area contributed by atoms with Gasteiger partial charge in [-0.15, -0.1) is 0 Å². The van der Waals surface area contributed by atoms with Gasteiger partial charge in [-0.05, 0) is 31.0 Å². The van der Waals surface area contributed by atoms with Gasteiger partial charge in [-0.1, -0.05) is 36.4 Å². The second-order valence-corrected chi connectivity index (χ2v) is 7.52. The van der Waals surface area contributed by atoms with Gasteiger partial charge in [-0.2, -0.15) is 0 Å². The maximum absolute atomic E-state index is 13.3. The van der Waals surface area contributed by atoms with E-state index in [4.69, 9.17) is 0 Å². The van der Waals surface area contributed by atoms with Crippen LogP contribution in [-0.2, 0) is 24.4 Å². The summed E-state index contributed by atoms with van der Waals surface area (Å²) in [6.45, 7) is 4.08. The fourth-order valence-electron chi connectivity index (χ4n) is 3.67. The molecule has 0 aliphatic rings. The van der Waals surface area contributed by atoms with Crippen molar-refractivity contribution in [3.8, 4) is 0 Å². The van der Waals surface area contributed by atoms with E-state index in [2.05, 4.69) is 15.3 Å². The van der Waals surface area contributed by atoms with Crippen LogP contribution in [0.5, 0.6) is 0 Å². The van der Waals surface area contributed by atoms with E-state index in [-0.39, 0.29) is 19.1 Å². The largest absolute Gasteiger partial charge is 0.348 e. The third kappa shape index (κ3) is 4.09. The molecule has 3 heterocycles. The van der Waals surface area contributed by atoms with E-state index < -0.39 is 17.2 Å². The molecule has 4 rings (SSSR count). The molecule has 0 unspecified atom stereocenters. The summed E-state index contributed by atoms with van der Waals surface area (Å²) in [5.41, 5.74) is 1.23. The van der Waals surface area contributed by atoms with Crippen molar-refractivity contribution in [2.75, 3.05) is 0 Å². The van der Waals surface area contributed by atoms with Crippen molar-refractivity contribution >= 4 is 17.1 Å². The Bertz CT molecular complexity index is 1360. The predicted octanol–water partition coefficient (Wildman–Crippen LogP) is 1.70. The number of hydrogen-bond acceptors (Lipinski definition) is 5. The minimum atomic E-state index is -0.572. The quantitative estimate of drug-likeness (QED) is 0.479. The molecule has 0 saturated carbocycles. The average Bonchev–Trinajstić information content (AvgIpc) is 3.25. The first kappa shape index (κ1) is 21.2. The van der Waals surface area contributed by atoms with Crippen molar-refractivity contribution in [2.24, 2.45) is 0 Å². The number of nitrogens with zero attached hydrogens (tertiary/aromatic N) is 5. The van der Waals surface area contributed by atoms with Gasteiger partial charge in [0.25, 0.3) is 5.56 Å². The molecule has 3 aromatic heterocycles. The molecular formula is C23H24N6O3. The second kappa shape index (κ2) is 9.01. The van der Waals surface area contributed by atoms with Gasteiger partial charge in [0.2, 0.25) is 5.91 Å². The number of benzene rings is 1. The summed E-state index contributed by atoms with van der Waals surface area (Å²) in [6, 6.07) is 12.8.